The highest BCUT2D eigenvalue weighted by Gasteiger charge is 2.23. The molecular weight excluding hydrogens is 488 g/mol. The summed E-state index contributed by atoms with van der Waals surface area (Å²) in [6.45, 7) is 0. The zero-order valence-electron chi connectivity index (χ0n) is 18.0. The van der Waals surface area contributed by atoms with Gasteiger partial charge in [0, 0.05) is 21.9 Å². The third kappa shape index (κ3) is 6.90. The van der Waals surface area contributed by atoms with E-state index < -0.39 is 6.04 Å². The molecule has 1 heterocycles. The minimum atomic E-state index is -0.755. The predicted molar refractivity (Wildman–Crippen MR) is 138 cm³/mol. The van der Waals surface area contributed by atoms with E-state index in [1.54, 1.807) is 12.1 Å². The number of hydrogen-bond donors (Lipinski definition) is 2. The van der Waals surface area contributed by atoms with Crippen molar-refractivity contribution < 1.29 is 9.59 Å². The van der Waals surface area contributed by atoms with Crippen molar-refractivity contribution in [2.24, 2.45) is 0 Å². The Kier molecular flexibility index (Phi) is 8.30. The maximum atomic E-state index is 13.1. The normalized spacial score (nSPS) is 11.6. The zero-order valence-corrected chi connectivity index (χ0v) is 20.4. The number of amides is 2. The van der Waals surface area contributed by atoms with E-state index in [1.165, 1.54) is 23.1 Å². The topological polar surface area (TPSA) is 84.0 Å². The van der Waals surface area contributed by atoms with Gasteiger partial charge in [-0.15, -0.1) is 22.0 Å². The zero-order chi connectivity index (χ0) is 23.8. The molecule has 0 spiro atoms. The second-order valence-corrected chi connectivity index (χ2v) is 9.78. The summed E-state index contributed by atoms with van der Waals surface area (Å²) in [5.41, 5.74) is 1.80. The van der Waals surface area contributed by atoms with Gasteiger partial charge in [-0.3, -0.25) is 14.9 Å². The summed E-state index contributed by atoms with van der Waals surface area (Å²) in [5.74, 6) is -0.355. The van der Waals surface area contributed by atoms with Gasteiger partial charge in [0.1, 0.15) is 11.0 Å². The Bertz CT molecular complexity index is 1230. The molecule has 0 saturated heterocycles. The first-order valence-electron chi connectivity index (χ1n) is 10.5. The molecule has 4 rings (SSSR count). The van der Waals surface area contributed by atoms with Crippen LogP contribution in [0.1, 0.15) is 5.56 Å². The van der Waals surface area contributed by atoms with Crippen LogP contribution in [0.15, 0.2) is 89.8 Å². The number of carbonyl (C=O) groups is 2. The number of halogens is 1. The number of rotatable bonds is 9. The SMILES string of the molecule is O=C(CSc1ccccc1)N[C@@H](Cc1ccccc1)C(=O)Nc1nnc(-c2ccc(Cl)cc2)s1. The maximum Gasteiger partial charge on any atom is 0.249 e. The van der Waals surface area contributed by atoms with Crippen LogP contribution in [0.5, 0.6) is 0 Å². The van der Waals surface area contributed by atoms with Crippen LogP contribution >= 0.6 is 34.7 Å². The summed E-state index contributed by atoms with van der Waals surface area (Å²) < 4.78 is 0. The van der Waals surface area contributed by atoms with E-state index in [2.05, 4.69) is 20.8 Å². The van der Waals surface area contributed by atoms with E-state index in [0.717, 1.165) is 16.0 Å². The summed E-state index contributed by atoms with van der Waals surface area (Å²) in [7, 11) is 0. The van der Waals surface area contributed by atoms with Crippen molar-refractivity contribution in [2.75, 3.05) is 11.1 Å². The lowest BCUT2D eigenvalue weighted by molar-refractivity contribution is -0.124. The van der Waals surface area contributed by atoms with Crippen LogP contribution < -0.4 is 10.6 Å². The van der Waals surface area contributed by atoms with E-state index in [1.807, 2.05) is 72.8 Å². The number of aromatic nitrogens is 2. The smallest absolute Gasteiger partial charge is 0.249 e. The minimum Gasteiger partial charge on any atom is -0.343 e. The van der Waals surface area contributed by atoms with Crippen molar-refractivity contribution in [3.8, 4) is 10.6 Å². The summed E-state index contributed by atoms with van der Waals surface area (Å²) in [5, 5.41) is 15.6. The van der Waals surface area contributed by atoms with E-state index in [-0.39, 0.29) is 17.6 Å². The van der Waals surface area contributed by atoms with Crippen LogP contribution in [0, 0.1) is 0 Å². The summed E-state index contributed by atoms with van der Waals surface area (Å²) in [6.07, 6.45) is 0.358. The number of nitrogens with one attached hydrogen (secondary N) is 2. The Hall–Kier alpha value is -3.20. The average Bonchev–Trinajstić information content (AvgIpc) is 3.32. The molecule has 6 nitrogen and oxygen atoms in total. The van der Waals surface area contributed by atoms with Crippen LogP contribution in [0.4, 0.5) is 5.13 Å². The van der Waals surface area contributed by atoms with E-state index >= 15 is 0 Å². The molecule has 172 valence electrons. The van der Waals surface area contributed by atoms with Gasteiger partial charge in [0.25, 0.3) is 0 Å². The minimum absolute atomic E-state index is 0.210. The third-order valence-electron chi connectivity index (χ3n) is 4.79. The summed E-state index contributed by atoms with van der Waals surface area (Å²) in [4.78, 5) is 26.7. The standard InChI is InChI=1S/C25H21ClN4O2S2/c26-19-13-11-18(12-14-19)24-29-30-25(34-24)28-23(32)21(15-17-7-3-1-4-8-17)27-22(31)16-33-20-9-5-2-6-10-20/h1-14,21H,15-16H2,(H,27,31)(H,28,30,32)/t21-/m0/s1. The Morgan fingerprint density at radius 2 is 1.59 bits per heavy atom. The molecule has 0 radical (unpaired) electrons. The predicted octanol–water partition coefficient (Wildman–Crippen LogP) is 5.32. The molecule has 0 aliphatic heterocycles. The lowest BCUT2D eigenvalue weighted by atomic mass is 10.1. The Morgan fingerprint density at radius 1 is 0.912 bits per heavy atom. The highest BCUT2D eigenvalue weighted by Crippen LogP contribution is 2.27. The average molecular weight is 509 g/mol. The maximum absolute atomic E-state index is 13.1. The first-order valence-corrected chi connectivity index (χ1v) is 12.7. The van der Waals surface area contributed by atoms with Crippen LogP contribution in [0.2, 0.25) is 5.02 Å². The van der Waals surface area contributed by atoms with Gasteiger partial charge in [-0.1, -0.05) is 83.6 Å². The number of anilines is 1. The summed E-state index contributed by atoms with van der Waals surface area (Å²) in [6, 6.07) is 25.7. The van der Waals surface area contributed by atoms with Crippen molar-refractivity contribution in [1.82, 2.24) is 15.5 Å². The molecule has 1 atom stereocenters. The van der Waals surface area contributed by atoms with Crippen LogP contribution in [0.25, 0.3) is 10.6 Å². The van der Waals surface area contributed by atoms with E-state index in [0.29, 0.717) is 21.6 Å². The van der Waals surface area contributed by atoms with Gasteiger partial charge in [0.15, 0.2) is 0 Å². The molecule has 0 aliphatic carbocycles. The Balaban J connectivity index is 1.43. The third-order valence-corrected chi connectivity index (χ3v) is 6.95. The van der Waals surface area contributed by atoms with Gasteiger partial charge in [0.2, 0.25) is 16.9 Å². The first kappa shape index (κ1) is 23.9. The number of carbonyl (C=O) groups excluding carboxylic acids is 2. The second-order valence-electron chi connectivity index (χ2n) is 7.32. The van der Waals surface area contributed by atoms with Gasteiger partial charge in [-0.2, -0.15) is 0 Å². The highest BCUT2D eigenvalue weighted by atomic mass is 35.5. The fraction of sp³-hybridized carbons (Fsp3) is 0.120. The van der Waals surface area contributed by atoms with E-state index in [9.17, 15) is 9.59 Å². The van der Waals surface area contributed by atoms with Gasteiger partial charge in [-0.05, 0) is 29.8 Å². The second kappa shape index (κ2) is 11.8. The van der Waals surface area contributed by atoms with Gasteiger partial charge in [-0.25, -0.2) is 0 Å². The molecule has 1 aromatic heterocycles. The summed E-state index contributed by atoms with van der Waals surface area (Å²) >= 11 is 8.62. The van der Waals surface area contributed by atoms with Gasteiger partial charge < -0.3 is 5.32 Å². The number of nitrogens with zero attached hydrogens (tertiary/aromatic N) is 2. The molecule has 34 heavy (non-hydrogen) atoms. The molecule has 2 N–H and O–H groups in total. The fourth-order valence-corrected chi connectivity index (χ4v) is 4.74. The van der Waals surface area contributed by atoms with Crippen molar-refractivity contribution in [3.63, 3.8) is 0 Å². The van der Waals surface area contributed by atoms with Crippen LogP contribution in [-0.4, -0.2) is 33.8 Å². The van der Waals surface area contributed by atoms with Crippen molar-refractivity contribution >= 4 is 51.6 Å². The molecule has 0 fully saturated rings. The van der Waals surface area contributed by atoms with Crippen molar-refractivity contribution in [1.29, 1.82) is 0 Å². The monoisotopic (exact) mass is 508 g/mol. The molecular formula is C25H21ClN4O2S2. The molecule has 0 bridgehead atoms. The largest absolute Gasteiger partial charge is 0.343 e. The fourth-order valence-electron chi connectivity index (χ4n) is 3.14. The Labute approximate surface area is 210 Å². The molecule has 4 aromatic rings. The highest BCUT2D eigenvalue weighted by molar-refractivity contribution is 8.00. The molecule has 2 amide bonds. The molecule has 0 aliphatic rings. The van der Waals surface area contributed by atoms with E-state index in [4.69, 9.17) is 11.6 Å². The number of hydrogen-bond acceptors (Lipinski definition) is 6. The number of thioether (sulfide) groups is 1. The molecule has 0 saturated carbocycles. The van der Waals surface area contributed by atoms with Gasteiger partial charge >= 0.3 is 0 Å². The molecule has 0 unspecified atom stereocenters. The van der Waals surface area contributed by atoms with Crippen LogP contribution in [0.3, 0.4) is 0 Å². The number of benzene rings is 3. The first-order chi connectivity index (χ1) is 16.6. The van der Waals surface area contributed by atoms with Crippen molar-refractivity contribution in [3.05, 3.63) is 95.5 Å². The lowest BCUT2D eigenvalue weighted by Gasteiger charge is -2.18. The van der Waals surface area contributed by atoms with Gasteiger partial charge in [0.05, 0.1) is 5.75 Å². The molecule has 9 heteroatoms. The lowest BCUT2D eigenvalue weighted by Crippen LogP contribution is -2.46. The van der Waals surface area contributed by atoms with Crippen LogP contribution in [-0.2, 0) is 16.0 Å². The van der Waals surface area contributed by atoms with Crippen molar-refractivity contribution in [2.45, 2.75) is 17.4 Å². The Morgan fingerprint density at radius 3 is 2.29 bits per heavy atom. The quantitative estimate of drug-likeness (QED) is 0.299. The molecule has 3 aromatic carbocycles.